The number of aryl methyl sites for hydroxylation is 2. The number of amides is 1. The Bertz CT molecular complexity index is 1050. The normalized spacial score (nSPS) is 18.3. The van der Waals surface area contributed by atoms with E-state index in [2.05, 4.69) is 9.62 Å². The standard InChI is InChI=1S/C24H31N3O3S/c1-18-8-9-19(2)23(16-18)31(29,30)25-21-7-5-6-20(17-21)24(28)27-14-10-22(11-15-27)26-12-3-4-13-26/h5-9,16-17,22,25H,3-4,10-15H2,1-2H3. The van der Waals surface area contributed by atoms with E-state index in [4.69, 9.17) is 0 Å². The van der Waals surface area contributed by atoms with Crippen molar-refractivity contribution in [3.8, 4) is 0 Å². The van der Waals surface area contributed by atoms with Gasteiger partial charge in [-0.05, 0) is 88.0 Å². The van der Waals surface area contributed by atoms with Gasteiger partial charge in [-0.1, -0.05) is 18.2 Å². The molecule has 1 N–H and O–H groups in total. The van der Waals surface area contributed by atoms with Crippen LogP contribution in [0.1, 0.15) is 47.2 Å². The van der Waals surface area contributed by atoms with Crippen molar-refractivity contribution in [3.05, 3.63) is 59.2 Å². The zero-order valence-corrected chi connectivity index (χ0v) is 19.1. The predicted molar refractivity (Wildman–Crippen MR) is 123 cm³/mol. The lowest BCUT2D eigenvalue weighted by Crippen LogP contribution is -2.45. The van der Waals surface area contributed by atoms with Gasteiger partial charge in [0.2, 0.25) is 0 Å². The van der Waals surface area contributed by atoms with Crippen molar-refractivity contribution in [2.24, 2.45) is 0 Å². The Kier molecular flexibility index (Phi) is 6.34. The molecule has 166 valence electrons. The van der Waals surface area contributed by atoms with Gasteiger partial charge in [-0.25, -0.2) is 8.42 Å². The number of rotatable bonds is 5. The zero-order chi connectivity index (χ0) is 22.0. The molecule has 1 amide bonds. The molecule has 0 radical (unpaired) electrons. The quantitative estimate of drug-likeness (QED) is 0.766. The Morgan fingerprint density at radius 2 is 1.68 bits per heavy atom. The Morgan fingerprint density at radius 1 is 0.968 bits per heavy atom. The first-order valence-corrected chi connectivity index (χ1v) is 12.6. The van der Waals surface area contributed by atoms with Gasteiger partial charge < -0.3 is 9.80 Å². The summed E-state index contributed by atoms with van der Waals surface area (Å²) in [5.74, 6) is -0.0346. The summed E-state index contributed by atoms with van der Waals surface area (Å²) in [6, 6.07) is 12.7. The summed E-state index contributed by atoms with van der Waals surface area (Å²) in [6.45, 7) is 7.50. The third-order valence-corrected chi connectivity index (χ3v) is 7.93. The third-order valence-electron chi connectivity index (χ3n) is 6.40. The van der Waals surface area contributed by atoms with E-state index in [9.17, 15) is 13.2 Å². The zero-order valence-electron chi connectivity index (χ0n) is 18.3. The van der Waals surface area contributed by atoms with E-state index < -0.39 is 10.0 Å². The Labute approximate surface area is 185 Å². The molecule has 4 rings (SSSR count). The minimum absolute atomic E-state index is 0.0346. The summed E-state index contributed by atoms with van der Waals surface area (Å²) < 4.78 is 28.5. The molecule has 2 saturated heterocycles. The van der Waals surface area contributed by atoms with E-state index in [0.717, 1.165) is 31.5 Å². The average Bonchev–Trinajstić information content (AvgIpc) is 3.30. The fourth-order valence-corrected chi connectivity index (χ4v) is 6.03. The van der Waals surface area contributed by atoms with Crippen LogP contribution in [-0.2, 0) is 10.0 Å². The molecule has 31 heavy (non-hydrogen) atoms. The predicted octanol–water partition coefficient (Wildman–Crippen LogP) is 3.80. The summed E-state index contributed by atoms with van der Waals surface area (Å²) in [5, 5.41) is 0. The lowest BCUT2D eigenvalue weighted by Gasteiger charge is -2.36. The molecule has 0 aliphatic carbocycles. The SMILES string of the molecule is Cc1ccc(C)c(S(=O)(=O)Nc2cccc(C(=O)N3CCC(N4CCCC4)CC3)c2)c1. The number of anilines is 1. The Balaban J connectivity index is 1.44. The van der Waals surface area contributed by atoms with Gasteiger partial charge in [-0.2, -0.15) is 0 Å². The first-order valence-electron chi connectivity index (χ1n) is 11.1. The van der Waals surface area contributed by atoms with Crippen molar-refractivity contribution < 1.29 is 13.2 Å². The van der Waals surface area contributed by atoms with E-state index in [1.54, 1.807) is 43.3 Å². The van der Waals surface area contributed by atoms with Crippen LogP contribution >= 0.6 is 0 Å². The first kappa shape index (κ1) is 21.8. The Morgan fingerprint density at radius 3 is 2.39 bits per heavy atom. The second-order valence-corrected chi connectivity index (χ2v) is 10.4. The maximum Gasteiger partial charge on any atom is 0.262 e. The topological polar surface area (TPSA) is 69.7 Å². The maximum atomic E-state index is 13.0. The van der Waals surface area contributed by atoms with E-state index in [1.165, 1.54) is 25.9 Å². The number of sulfonamides is 1. The molecule has 2 fully saturated rings. The molecule has 0 aromatic heterocycles. The number of likely N-dealkylation sites (tertiary alicyclic amines) is 2. The number of hydrogen-bond acceptors (Lipinski definition) is 4. The smallest absolute Gasteiger partial charge is 0.262 e. The molecule has 0 saturated carbocycles. The highest BCUT2D eigenvalue weighted by molar-refractivity contribution is 7.92. The van der Waals surface area contributed by atoms with Crippen LogP contribution in [0.25, 0.3) is 0 Å². The highest BCUT2D eigenvalue weighted by atomic mass is 32.2. The van der Waals surface area contributed by atoms with Crippen molar-refractivity contribution >= 4 is 21.6 Å². The van der Waals surface area contributed by atoms with Crippen molar-refractivity contribution in [1.29, 1.82) is 0 Å². The molecule has 2 aromatic rings. The molecule has 2 heterocycles. The van der Waals surface area contributed by atoms with Gasteiger partial charge in [0.15, 0.2) is 0 Å². The number of carbonyl (C=O) groups excluding carboxylic acids is 1. The van der Waals surface area contributed by atoms with Gasteiger partial charge >= 0.3 is 0 Å². The van der Waals surface area contributed by atoms with Gasteiger partial charge in [0.1, 0.15) is 0 Å². The van der Waals surface area contributed by atoms with Gasteiger partial charge in [-0.3, -0.25) is 9.52 Å². The molecule has 7 heteroatoms. The fourth-order valence-electron chi connectivity index (χ4n) is 4.65. The number of carbonyl (C=O) groups is 1. The molecule has 2 aliphatic rings. The lowest BCUT2D eigenvalue weighted by atomic mass is 10.0. The second-order valence-electron chi connectivity index (χ2n) is 8.72. The van der Waals surface area contributed by atoms with Crippen LogP contribution in [0.4, 0.5) is 5.69 Å². The summed E-state index contributed by atoms with van der Waals surface area (Å²) >= 11 is 0. The highest BCUT2D eigenvalue weighted by Crippen LogP contribution is 2.24. The second kappa shape index (κ2) is 9.01. The molecule has 0 spiro atoms. The summed E-state index contributed by atoms with van der Waals surface area (Å²) in [4.78, 5) is 17.8. The van der Waals surface area contributed by atoms with Crippen molar-refractivity contribution in [1.82, 2.24) is 9.80 Å². The average molecular weight is 442 g/mol. The van der Waals surface area contributed by atoms with E-state index in [0.29, 0.717) is 22.9 Å². The minimum Gasteiger partial charge on any atom is -0.339 e. The van der Waals surface area contributed by atoms with Crippen LogP contribution < -0.4 is 4.72 Å². The molecule has 2 aromatic carbocycles. The maximum absolute atomic E-state index is 13.0. The van der Waals surface area contributed by atoms with Crippen molar-refractivity contribution in [2.75, 3.05) is 30.9 Å². The number of benzene rings is 2. The van der Waals surface area contributed by atoms with Crippen LogP contribution in [0.3, 0.4) is 0 Å². The fraction of sp³-hybridized carbons (Fsp3) is 0.458. The monoisotopic (exact) mass is 441 g/mol. The van der Waals surface area contributed by atoms with Gasteiger partial charge in [0.25, 0.3) is 15.9 Å². The lowest BCUT2D eigenvalue weighted by molar-refractivity contribution is 0.0644. The van der Waals surface area contributed by atoms with Crippen LogP contribution in [0.15, 0.2) is 47.4 Å². The van der Waals surface area contributed by atoms with Gasteiger partial charge in [0, 0.05) is 30.4 Å². The third kappa shape index (κ3) is 4.93. The van der Waals surface area contributed by atoms with Gasteiger partial charge in [-0.15, -0.1) is 0 Å². The molecule has 2 aliphatic heterocycles. The van der Waals surface area contributed by atoms with E-state index >= 15 is 0 Å². The molecule has 6 nitrogen and oxygen atoms in total. The Hall–Kier alpha value is -2.38. The van der Waals surface area contributed by atoms with E-state index in [1.807, 2.05) is 17.9 Å². The van der Waals surface area contributed by atoms with E-state index in [-0.39, 0.29) is 10.8 Å². The summed E-state index contributed by atoms with van der Waals surface area (Å²) in [6.07, 6.45) is 4.57. The molecule has 0 bridgehead atoms. The minimum atomic E-state index is -3.73. The number of piperidine rings is 1. The summed E-state index contributed by atoms with van der Waals surface area (Å²) in [5.41, 5.74) is 2.48. The molecule has 0 unspecified atom stereocenters. The van der Waals surface area contributed by atoms with Crippen molar-refractivity contribution in [3.63, 3.8) is 0 Å². The first-order chi connectivity index (χ1) is 14.8. The molecular formula is C24H31N3O3S. The van der Waals surface area contributed by atoms with Gasteiger partial charge in [0.05, 0.1) is 4.90 Å². The largest absolute Gasteiger partial charge is 0.339 e. The number of nitrogens with zero attached hydrogens (tertiary/aromatic N) is 2. The van der Waals surface area contributed by atoms with Crippen LogP contribution in [-0.4, -0.2) is 56.3 Å². The number of nitrogens with one attached hydrogen (secondary N) is 1. The molecular weight excluding hydrogens is 410 g/mol. The highest BCUT2D eigenvalue weighted by Gasteiger charge is 2.29. The number of hydrogen-bond donors (Lipinski definition) is 1. The van der Waals surface area contributed by atoms with Crippen LogP contribution in [0.5, 0.6) is 0 Å². The van der Waals surface area contributed by atoms with Crippen LogP contribution in [0.2, 0.25) is 0 Å². The van der Waals surface area contributed by atoms with Crippen molar-refractivity contribution in [2.45, 2.75) is 50.5 Å². The molecule has 0 atom stereocenters. The summed E-state index contributed by atoms with van der Waals surface area (Å²) in [7, 11) is -3.73. The van der Waals surface area contributed by atoms with Crippen LogP contribution in [0, 0.1) is 13.8 Å².